The number of hydrogen-bond donors (Lipinski definition) is 0. The van der Waals surface area contributed by atoms with E-state index in [1.54, 1.807) is 31.1 Å². The maximum atomic E-state index is 11.9. The Kier molecular flexibility index (Phi) is 3.65. The molecule has 0 saturated carbocycles. The highest BCUT2D eigenvalue weighted by Crippen LogP contribution is 2.35. The van der Waals surface area contributed by atoms with E-state index in [4.69, 9.17) is 0 Å². The van der Waals surface area contributed by atoms with Gasteiger partial charge in [0.15, 0.2) is 11.6 Å². The van der Waals surface area contributed by atoms with Gasteiger partial charge >= 0.3 is 0 Å². The molecule has 3 heteroatoms. The highest BCUT2D eigenvalue weighted by Gasteiger charge is 2.29. The van der Waals surface area contributed by atoms with Crippen molar-refractivity contribution in [1.82, 2.24) is 4.90 Å². The van der Waals surface area contributed by atoms with Crippen LogP contribution in [0.15, 0.2) is 53.9 Å². The lowest BCUT2D eigenvalue weighted by Crippen LogP contribution is -2.24. The number of Topliss-reactive ketones (excluding diaryl/α,β-unsaturated/α-hetero) is 2. The second kappa shape index (κ2) is 5.22. The van der Waals surface area contributed by atoms with Gasteiger partial charge in [0.05, 0.1) is 0 Å². The van der Waals surface area contributed by atoms with Crippen LogP contribution >= 0.6 is 0 Å². The molecule has 0 bridgehead atoms. The predicted molar refractivity (Wildman–Crippen MR) is 74.5 cm³/mol. The number of hydrogen-bond acceptors (Lipinski definition) is 3. The van der Waals surface area contributed by atoms with Crippen molar-refractivity contribution in [2.75, 3.05) is 7.05 Å². The molecule has 19 heavy (non-hydrogen) atoms. The summed E-state index contributed by atoms with van der Waals surface area (Å²) in [6.45, 7) is 3.08. The van der Waals surface area contributed by atoms with Crippen molar-refractivity contribution in [3.05, 3.63) is 59.4 Å². The summed E-state index contributed by atoms with van der Waals surface area (Å²) < 4.78 is 0. The fourth-order valence-corrected chi connectivity index (χ4v) is 2.39. The number of ketones is 2. The van der Waals surface area contributed by atoms with Crippen LogP contribution in [0.1, 0.15) is 25.3 Å². The van der Waals surface area contributed by atoms with Gasteiger partial charge in [-0.3, -0.25) is 9.59 Å². The Balaban J connectivity index is 2.56. The first-order chi connectivity index (χ1) is 9.00. The van der Waals surface area contributed by atoms with E-state index in [1.807, 2.05) is 37.4 Å². The van der Waals surface area contributed by atoms with Crippen LogP contribution in [0, 0.1) is 0 Å². The Labute approximate surface area is 113 Å². The average molecular weight is 255 g/mol. The van der Waals surface area contributed by atoms with E-state index in [9.17, 15) is 9.59 Å². The van der Waals surface area contributed by atoms with Crippen molar-refractivity contribution in [1.29, 1.82) is 0 Å². The van der Waals surface area contributed by atoms with Gasteiger partial charge in [-0.2, -0.15) is 0 Å². The Hall–Kier alpha value is -2.16. The molecule has 0 unspecified atom stereocenters. The van der Waals surface area contributed by atoms with Crippen molar-refractivity contribution in [2.24, 2.45) is 0 Å². The molecule has 0 N–H and O–H groups in total. The molecule has 0 saturated heterocycles. The number of benzene rings is 1. The van der Waals surface area contributed by atoms with Crippen LogP contribution in [0.3, 0.4) is 0 Å². The quantitative estimate of drug-likeness (QED) is 0.833. The second-order valence-corrected chi connectivity index (χ2v) is 4.79. The lowest BCUT2D eigenvalue weighted by atomic mass is 9.80. The second-order valence-electron chi connectivity index (χ2n) is 4.79. The van der Waals surface area contributed by atoms with Crippen LogP contribution in [0.25, 0.3) is 0 Å². The molecule has 1 aliphatic rings. The number of allylic oxidation sites excluding steroid dienone is 2. The van der Waals surface area contributed by atoms with Crippen LogP contribution in [0.4, 0.5) is 0 Å². The van der Waals surface area contributed by atoms with Gasteiger partial charge in [0, 0.05) is 36.5 Å². The monoisotopic (exact) mass is 255 g/mol. The molecule has 1 aliphatic heterocycles. The molecule has 0 spiro atoms. The van der Waals surface area contributed by atoms with Crippen LogP contribution in [-0.2, 0) is 9.59 Å². The van der Waals surface area contributed by atoms with E-state index in [2.05, 4.69) is 0 Å². The van der Waals surface area contributed by atoms with Gasteiger partial charge in [-0.25, -0.2) is 0 Å². The van der Waals surface area contributed by atoms with E-state index in [-0.39, 0.29) is 17.5 Å². The van der Waals surface area contributed by atoms with Gasteiger partial charge in [-0.05, 0) is 19.4 Å². The van der Waals surface area contributed by atoms with Gasteiger partial charge in [-0.15, -0.1) is 0 Å². The molecule has 0 radical (unpaired) electrons. The van der Waals surface area contributed by atoms with Crippen molar-refractivity contribution in [3.8, 4) is 0 Å². The average Bonchev–Trinajstić information content (AvgIpc) is 2.38. The minimum absolute atomic E-state index is 0.00690. The minimum atomic E-state index is -0.257. The van der Waals surface area contributed by atoms with E-state index < -0.39 is 0 Å². The molecule has 0 atom stereocenters. The third-order valence-electron chi connectivity index (χ3n) is 3.25. The third-order valence-corrected chi connectivity index (χ3v) is 3.25. The van der Waals surface area contributed by atoms with Gasteiger partial charge in [0.2, 0.25) is 0 Å². The van der Waals surface area contributed by atoms with Crippen molar-refractivity contribution in [3.63, 3.8) is 0 Å². The Morgan fingerprint density at radius 1 is 0.947 bits per heavy atom. The van der Waals surface area contributed by atoms with Crippen LogP contribution in [-0.4, -0.2) is 23.5 Å². The van der Waals surface area contributed by atoms with Crippen molar-refractivity contribution in [2.45, 2.75) is 19.8 Å². The first kappa shape index (κ1) is 13.3. The zero-order chi connectivity index (χ0) is 14.0. The summed E-state index contributed by atoms with van der Waals surface area (Å²) >= 11 is 0. The lowest BCUT2D eigenvalue weighted by molar-refractivity contribution is -0.114. The summed E-state index contributed by atoms with van der Waals surface area (Å²) in [5.74, 6) is -0.271. The molecule has 0 aliphatic carbocycles. The van der Waals surface area contributed by atoms with Gasteiger partial charge < -0.3 is 4.90 Å². The Morgan fingerprint density at radius 3 is 1.84 bits per heavy atom. The molecule has 2 rings (SSSR count). The fourth-order valence-electron chi connectivity index (χ4n) is 2.39. The minimum Gasteiger partial charge on any atom is -0.356 e. The summed E-state index contributed by atoms with van der Waals surface area (Å²) in [6, 6.07) is 9.66. The largest absolute Gasteiger partial charge is 0.356 e. The number of rotatable bonds is 3. The molecular formula is C16H17NO2. The fraction of sp³-hybridized carbons (Fsp3) is 0.250. The van der Waals surface area contributed by atoms with E-state index in [1.165, 1.54) is 0 Å². The van der Waals surface area contributed by atoms with Gasteiger partial charge in [0.25, 0.3) is 0 Å². The molecule has 3 nitrogen and oxygen atoms in total. The van der Waals surface area contributed by atoms with Crippen molar-refractivity contribution >= 4 is 11.6 Å². The van der Waals surface area contributed by atoms with Gasteiger partial charge in [-0.1, -0.05) is 30.3 Å². The van der Waals surface area contributed by atoms with Crippen LogP contribution < -0.4 is 0 Å². The van der Waals surface area contributed by atoms with Crippen LogP contribution in [0.2, 0.25) is 0 Å². The normalized spacial score (nSPS) is 15.8. The maximum Gasteiger partial charge on any atom is 0.158 e. The number of nitrogens with zero attached hydrogens (tertiary/aromatic N) is 1. The molecule has 98 valence electrons. The maximum absolute atomic E-state index is 11.9. The highest BCUT2D eigenvalue weighted by atomic mass is 16.1. The molecule has 0 aromatic heterocycles. The summed E-state index contributed by atoms with van der Waals surface area (Å²) in [6.07, 6.45) is 3.60. The third kappa shape index (κ3) is 2.65. The predicted octanol–water partition coefficient (Wildman–Crippen LogP) is 2.66. The Morgan fingerprint density at radius 2 is 1.42 bits per heavy atom. The molecule has 0 fully saturated rings. The zero-order valence-electron chi connectivity index (χ0n) is 11.4. The summed E-state index contributed by atoms with van der Waals surface area (Å²) in [5.41, 5.74) is 2.28. The zero-order valence-corrected chi connectivity index (χ0v) is 11.4. The van der Waals surface area contributed by atoms with Crippen molar-refractivity contribution < 1.29 is 9.59 Å². The molecular weight excluding hydrogens is 238 g/mol. The topological polar surface area (TPSA) is 37.4 Å². The molecule has 1 heterocycles. The SMILES string of the molecule is CC(=O)C1=CN(C)C=C(C(C)=O)C1c1ccccc1. The number of carbonyl (C=O) groups excluding carboxylic acids is 2. The first-order valence-corrected chi connectivity index (χ1v) is 6.23. The Bertz CT molecular complexity index is 538. The summed E-state index contributed by atoms with van der Waals surface area (Å²) in [4.78, 5) is 25.5. The molecule has 0 amide bonds. The van der Waals surface area contributed by atoms with E-state index >= 15 is 0 Å². The molecule has 1 aromatic carbocycles. The summed E-state index contributed by atoms with van der Waals surface area (Å²) in [5, 5.41) is 0. The van der Waals surface area contributed by atoms with Crippen LogP contribution in [0.5, 0.6) is 0 Å². The summed E-state index contributed by atoms with van der Waals surface area (Å²) in [7, 11) is 1.83. The van der Waals surface area contributed by atoms with E-state index in [0.717, 1.165) is 5.56 Å². The molecule has 1 aromatic rings. The van der Waals surface area contributed by atoms with E-state index in [0.29, 0.717) is 11.1 Å². The highest BCUT2D eigenvalue weighted by molar-refractivity contribution is 6.02. The first-order valence-electron chi connectivity index (χ1n) is 6.23. The number of carbonyl (C=O) groups is 2. The smallest absolute Gasteiger partial charge is 0.158 e. The standard InChI is InChI=1S/C16H17NO2/c1-11(18)14-9-17(3)10-15(12(2)19)16(14)13-7-5-4-6-8-13/h4-10,16H,1-3H3. The lowest BCUT2D eigenvalue weighted by Gasteiger charge is -2.28. The van der Waals surface area contributed by atoms with Gasteiger partial charge in [0.1, 0.15) is 0 Å².